The number of carbonyl (C=O) groups is 1. The van der Waals surface area contributed by atoms with E-state index in [2.05, 4.69) is 5.48 Å². The lowest BCUT2D eigenvalue weighted by Crippen LogP contribution is -2.37. The fourth-order valence-electron chi connectivity index (χ4n) is 0.757. The lowest BCUT2D eigenvalue weighted by molar-refractivity contribution is -0.126. The number of carbonyl (C=O) groups excluding carboxylic acids is 1. The Morgan fingerprint density at radius 3 is 2.80 bits per heavy atom. The van der Waals surface area contributed by atoms with Crippen LogP contribution < -0.4 is 11.2 Å². The average Bonchev–Trinajstić information content (AvgIpc) is 1.75. The maximum absolute atomic E-state index is 10.1. The zero-order chi connectivity index (χ0) is 7.40. The molecule has 1 aliphatic carbocycles. The molecule has 0 radical (unpaired) electrons. The second-order valence-corrected chi connectivity index (χ2v) is 2.50. The summed E-state index contributed by atoms with van der Waals surface area (Å²) in [5.74, 6) is -0.438. The van der Waals surface area contributed by atoms with Crippen LogP contribution in [-0.2, 0) is 9.63 Å². The van der Waals surface area contributed by atoms with E-state index in [1.165, 1.54) is 6.42 Å². The highest BCUT2D eigenvalue weighted by molar-refractivity contribution is 5.74. The Labute approximate surface area is 59.7 Å². The second-order valence-electron chi connectivity index (χ2n) is 2.50. The summed E-state index contributed by atoms with van der Waals surface area (Å²) in [4.78, 5) is 14.9. The zero-order valence-electron chi connectivity index (χ0n) is 5.80. The molecule has 0 aromatic rings. The lowest BCUT2D eigenvalue weighted by atomic mass is 9.94. The molecule has 0 saturated heterocycles. The Hall–Kier alpha value is -0.610. The van der Waals surface area contributed by atoms with Gasteiger partial charge in [0.1, 0.15) is 6.61 Å². The minimum atomic E-state index is -0.438. The molecule has 0 atom stereocenters. The molecule has 0 unspecified atom stereocenters. The molecule has 1 amide bonds. The van der Waals surface area contributed by atoms with E-state index in [1.54, 1.807) is 0 Å². The topological polar surface area (TPSA) is 64.4 Å². The first-order valence-corrected chi connectivity index (χ1v) is 3.44. The predicted molar refractivity (Wildman–Crippen MR) is 35.9 cm³/mol. The van der Waals surface area contributed by atoms with Gasteiger partial charge in [0, 0.05) is 6.04 Å². The van der Waals surface area contributed by atoms with Crippen molar-refractivity contribution in [3.63, 3.8) is 0 Å². The molecule has 1 fully saturated rings. The van der Waals surface area contributed by atoms with Gasteiger partial charge < -0.3 is 5.73 Å². The second kappa shape index (κ2) is 3.53. The third-order valence-corrected chi connectivity index (χ3v) is 1.57. The SMILES string of the molecule is NC(=O)CONC1CCC1. The molecule has 4 nitrogen and oxygen atoms in total. The maximum Gasteiger partial charge on any atom is 0.245 e. The van der Waals surface area contributed by atoms with E-state index in [4.69, 9.17) is 10.6 Å². The van der Waals surface area contributed by atoms with E-state index in [0.717, 1.165) is 12.8 Å². The van der Waals surface area contributed by atoms with Crippen LogP contribution >= 0.6 is 0 Å². The van der Waals surface area contributed by atoms with Crippen molar-refractivity contribution in [3.8, 4) is 0 Å². The predicted octanol–water partition coefficient (Wildman–Crippen LogP) is -0.455. The molecule has 0 heterocycles. The molecule has 0 spiro atoms. The third kappa shape index (κ3) is 2.33. The van der Waals surface area contributed by atoms with Crippen molar-refractivity contribution in [2.75, 3.05) is 6.61 Å². The smallest absolute Gasteiger partial charge is 0.245 e. The largest absolute Gasteiger partial charge is 0.368 e. The van der Waals surface area contributed by atoms with Crippen LogP contribution in [0.1, 0.15) is 19.3 Å². The Bertz CT molecular complexity index is 123. The van der Waals surface area contributed by atoms with Crippen LogP contribution in [0.4, 0.5) is 0 Å². The lowest BCUT2D eigenvalue weighted by Gasteiger charge is -2.25. The van der Waals surface area contributed by atoms with Crippen molar-refractivity contribution in [1.82, 2.24) is 5.48 Å². The van der Waals surface area contributed by atoms with E-state index in [9.17, 15) is 4.79 Å². The van der Waals surface area contributed by atoms with Crippen LogP contribution in [0.15, 0.2) is 0 Å². The number of hydrogen-bond donors (Lipinski definition) is 2. The van der Waals surface area contributed by atoms with Crippen LogP contribution in [-0.4, -0.2) is 18.6 Å². The molecule has 3 N–H and O–H groups in total. The molecular weight excluding hydrogens is 132 g/mol. The summed E-state index contributed by atoms with van der Waals surface area (Å²) in [6.45, 7) is -0.0312. The molecule has 0 aliphatic heterocycles. The number of primary amides is 1. The number of amides is 1. The van der Waals surface area contributed by atoms with Crippen LogP contribution in [0, 0.1) is 0 Å². The summed E-state index contributed by atoms with van der Waals surface area (Å²) >= 11 is 0. The molecule has 1 rings (SSSR count). The average molecular weight is 144 g/mol. The quantitative estimate of drug-likeness (QED) is 0.525. The summed E-state index contributed by atoms with van der Waals surface area (Å²) in [7, 11) is 0. The first-order valence-electron chi connectivity index (χ1n) is 3.44. The van der Waals surface area contributed by atoms with Crippen molar-refractivity contribution in [1.29, 1.82) is 0 Å². The van der Waals surface area contributed by atoms with Crippen LogP contribution in [0.25, 0.3) is 0 Å². The summed E-state index contributed by atoms with van der Waals surface area (Å²) < 4.78 is 0. The van der Waals surface area contributed by atoms with Crippen molar-refractivity contribution in [2.24, 2.45) is 5.73 Å². The van der Waals surface area contributed by atoms with Gasteiger partial charge in [-0.15, -0.1) is 0 Å². The fraction of sp³-hybridized carbons (Fsp3) is 0.833. The standard InChI is InChI=1S/C6H12N2O2/c7-6(9)4-10-8-5-2-1-3-5/h5,8H,1-4H2,(H2,7,9). The van der Waals surface area contributed by atoms with E-state index in [-0.39, 0.29) is 6.61 Å². The van der Waals surface area contributed by atoms with Crippen LogP contribution in [0.2, 0.25) is 0 Å². The van der Waals surface area contributed by atoms with E-state index < -0.39 is 5.91 Å². The number of rotatable bonds is 4. The zero-order valence-corrected chi connectivity index (χ0v) is 5.80. The van der Waals surface area contributed by atoms with Gasteiger partial charge in [0.05, 0.1) is 0 Å². The summed E-state index contributed by atoms with van der Waals surface area (Å²) in [6.07, 6.45) is 3.52. The molecule has 58 valence electrons. The Kier molecular flexibility index (Phi) is 2.65. The third-order valence-electron chi connectivity index (χ3n) is 1.57. The van der Waals surface area contributed by atoms with Gasteiger partial charge in [0.25, 0.3) is 0 Å². The van der Waals surface area contributed by atoms with Gasteiger partial charge in [0.15, 0.2) is 0 Å². The van der Waals surface area contributed by atoms with Crippen LogP contribution in [0.5, 0.6) is 0 Å². The number of hydrogen-bond acceptors (Lipinski definition) is 3. The van der Waals surface area contributed by atoms with Gasteiger partial charge in [0.2, 0.25) is 5.91 Å². The number of hydroxylamine groups is 1. The molecule has 1 saturated carbocycles. The van der Waals surface area contributed by atoms with Crippen molar-refractivity contribution in [3.05, 3.63) is 0 Å². The Morgan fingerprint density at radius 1 is 1.70 bits per heavy atom. The van der Waals surface area contributed by atoms with Crippen LogP contribution in [0.3, 0.4) is 0 Å². The van der Waals surface area contributed by atoms with E-state index in [0.29, 0.717) is 6.04 Å². The number of nitrogens with two attached hydrogens (primary N) is 1. The molecule has 1 aliphatic rings. The molecule has 0 bridgehead atoms. The van der Waals surface area contributed by atoms with Gasteiger partial charge in [-0.3, -0.25) is 9.63 Å². The monoisotopic (exact) mass is 144 g/mol. The fourth-order valence-corrected chi connectivity index (χ4v) is 0.757. The van der Waals surface area contributed by atoms with Gasteiger partial charge in [-0.1, -0.05) is 6.42 Å². The van der Waals surface area contributed by atoms with Gasteiger partial charge in [-0.05, 0) is 12.8 Å². The summed E-state index contributed by atoms with van der Waals surface area (Å²) in [5, 5.41) is 0. The molecule has 0 aromatic carbocycles. The highest BCUT2D eigenvalue weighted by Gasteiger charge is 2.16. The highest BCUT2D eigenvalue weighted by atomic mass is 16.6. The van der Waals surface area contributed by atoms with Gasteiger partial charge in [-0.25, -0.2) is 0 Å². The van der Waals surface area contributed by atoms with Crippen molar-refractivity contribution < 1.29 is 9.63 Å². The molecule has 10 heavy (non-hydrogen) atoms. The van der Waals surface area contributed by atoms with E-state index in [1.807, 2.05) is 0 Å². The minimum absolute atomic E-state index is 0.0312. The highest BCUT2D eigenvalue weighted by Crippen LogP contribution is 2.17. The maximum atomic E-state index is 10.1. The first-order chi connectivity index (χ1) is 4.79. The normalized spacial score (nSPS) is 18.4. The van der Waals surface area contributed by atoms with Crippen molar-refractivity contribution >= 4 is 5.91 Å². The van der Waals surface area contributed by atoms with Gasteiger partial charge in [-0.2, -0.15) is 5.48 Å². The van der Waals surface area contributed by atoms with Gasteiger partial charge >= 0.3 is 0 Å². The summed E-state index contributed by atoms with van der Waals surface area (Å²) in [5.41, 5.74) is 7.58. The Morgan fingerprint density at radius 2 is 2.40 bits per heavy atom. The first kappa shape index (κ1) is 7.50. The van der Waals surface area contributed by atoms with Crippen molar-refractivity contribution in [2.45, 2.75) is 25.3 Å². The Balaban J connectivity index is 1.89. The molecule has 0 aromatic heterocycles. The van der Waals surface area contributed by atoms with E-state index >= 15 is 0 Å². The summed E-state index contributed by atoms with van der Waals surface area (Å²) in [6, 6.07) is 0.444. The number of nitrogens with one attached hydrogen (secondary N) is 1. The molecular formula is C6H12N2O2. The molecule has 4 heteroatoms. The minimum Gasteiger partial charge on any atom is -0.368 e.